The SMILES string of the molecule is CCCNCCNC(=O)c1oc2ccccc2c1CN(C)C.Cl.Cl. The molecule has 2 rings (SSSR count). The van der Waals surface area contributed by atoms with Crippen molar-refractivity contribution in [3.8, 4) is 0 Å². The van der Waals surface area contributed by atoms with Gasteiger partial charge >= 0.3 is 0 Å². The lowest BCUT2D eigenvalue weighted by Gasteiger charge is -2.10. The van der Waals surface area contributed by atoms with Crippen LogP contribution in [-0.4, -0.2) is 44.5 Å². The fourth-order valence-corrected chi connectivity index (χ4v) is 2.40. The predicted molar refractivity (Wildman–Crippen MR) is 104 cm³/mol. The number of amides is 1. The van der Waals surface area contributed by atoms with Crippen molar-refractivity contribution in [3.05, 3.63) is 35.6 Å². The van der Waals surface area contributed by atoms with Crippen LogP contribution < -0.4 is 10.6 Å². The second kappa shape index (κ2) is 11.3. The second-order valence-corrected chi connectivity index (χ2v) is 5.65. The third-order valence-corrected chi connectivity index (χ3v) is 3.39. The summed E-state index contributed by atoms with van der Waals surface area (Å²) in [6, 6.07) is 7.78. The van der Waals surface area contributed by atoms with Crippen molar-refractivity contribution in [1.29, 1.82) is 0 Å². The minimum absolute atomic E-state index is 0. The molecule has 0 saturated carbocycles. The Kier molecular flexibility index (Phi) is 10.7. The zero-order chi connectivity index (χ0) is 15.9. The van der Waals surface area contributed by atoms with Crippen LogP contribution in [0.2, 0.25) is 0 Å². The highest BCUT2D eigenvalue weighted by Crippen LogP contribution is 2.26. The van der Waals surface area contributed by atoms with Crippen molar-refractivity contribution in [2.75, 3.05) is 33.7 Å². The molecule has 0 radical (unpaired) electrons. The maximum Gasteiger partial charge on any atom is 0.287 e. The highest BCUT2D eigenvalue weighted by Gasteiger charge is 2.20. The molecule has 0 aliphatic carbocycles. The largest absolute Gasteiger partial charge is 0.451 e. The molecule has 2 aromatic rings. The number of hydrogen-bond acceptors (Lipinski definition) is 4. The van der Waals surface area contributed by atoms with Crippen LogP contribution in [-0.2, 0) is 6.54 Å². The molecular formula is C17H27Cl2N3O2. The topological polar surface area (TPSA) is 57.5 Å². The first-order chi connectivity index (χ1) is 10.6. The van der Waals surface area contributed by atoms with Crippen LogP contribution in [0.1, 0.15) is 29.5 Å². The number of hydrogen-bond donors (Lipinski definition) is 2. The van der Waals surface area contributed by atoms with E-state index in [-0.39, 0.29) is 30.7 Å². The summed E-state index contributed by atoms with van der Waals surface area (Å²) in [5.41, 5.74) is 1.70. The van der Waals surface area contributed by atoms with Crippen molar-refractivity contribution in [2.45, 2.75) is 19.9 Å². The predicted octanol–water partition coefficient (Wildman–Crippen LogP) is 3.07. The first-order valence-electron chi connectivity index (χ1n) is 7.77. The molecule has 0 bridgehead atoms. The summed E-state index contributed by atoms with van der Waals surface area (Å²) in [6.07, 6.45) is 1.09. The molecule has 5 nitrogen and oxygen atoms in total. The minimum atomic E-state index is -0.147. The van der Waals surface area contributed by atoms with E-state index in [4.69, 9.17) is 4.42 Å². The van der Waals surface area contributed by atoms with Crippen LogP contribution in [0.4, 0.5) is 0 Å². The van der Waals surface area contributed by atoms with E-state index in [1.54, 1.807) is 0 Å². The minimum Gasteiger partial charge on any atom is -0.451 e. The summed E-state index contributed by atoms with van der Waals surface area (Å²) >= 11 is 0. The Bertz CT molecular complexity index is 629. The van der Waals surface area contributed by atoms with Gasteiger partial charge in [0.05, 0.1) is 0 Å². The van der Waals surface area contributed by atoms with Gasteiger partial charge < -0.3 is 20.0 Å². The number of nitrogens with one attached hydrogen (secondary N) is 2. The van der Waals surface area contributed by atoms with E-state index in [0.717, 1.165) is 36.0 Å². The van der Waals surface area contributed by atoms with Gasteiger partial charge in [0.25, 0.3) is 5.91 Å². The molecule has 1 aromatic carbocycles. The lowest BCUT2D eigenvalue weighted by atomic mass is 10.1. The Labute approximate surface area is 156 Å². The van der Waals surface area contributed by atoms with E-state index in [9.17, 15) is 4.79 Å². The van der Waals surface area contributed by atoms with Gasteiger partial charge in [0.1, 0.15) is 5.58 Å². The summed E-state index contributed by atoms with van der Waals surface area (Å²) in [7, 11) is 3.97. The number of carbonyl (C=O) groups excluding carboxylic acids is 1. The van der Waals surface area contributed by atoms with Crippen LogP contribution in [0, 0.1) is 0 Å². The molecule has 0 fully saturated rings. The quantitative estimate of drug-likeness (QED) is 0.696. The van der Waals surface area contributed by atoms with Gasteiger partial charge in [0.2, 0.25) is 0 Å². The zero-order valence-corrected chi connectivity index (χ0v) is 16.1. The van der Waals surface area contributed by atoms with Gasteiger partial charge in [-0.2, -0.15) is 0 Å². The highest BCUT2D eigenvalue weighted by atomic mass is 35.5. The molecule has 0 unspecified atom stereocenters. The third kappa shape index (κ3) is 5.98. The summed E-state index contributed by atoms with van der Waals surface area (Å²) in [4.78, 5) is 14.4. The Morgan fingerprint density at radius 2 is 1.83 bits per heavy atom. The Morgan fingerprint density at radius 1 is 1.12 bits per heavy atom. The Morgan fingerprint density at radius 3 is 2.50 bits per heavy atom. The van der Waals surface area contributed by atoms with Gasteiger partial charge in [-0.1, -0.05) is 25.1 Å². The Hall–Kier alpha value is -1.27. The molecule has 0 aliphatic rings. The van der Waals surface area contributed by atoms with Crippen LogP contribution in [0.5, 0.6) is 0 Å². The van der Waals surface area contributed by atoms with Gasteiger partial charge in [-0.25, -0.2) is 0 Å². The maximum atomic E-state index is 12.4. The number of carbonyl (C=O) groups is 1. The molecule has 7 heteroatoms. The number of furan rings is 1. The summed E-state index contributed by atoms with van der Waals surface area (Å²) in [6.45, 7) is 5.12. The summed E-state index contributed by atoms with van der Waals surface area (Å²) < 4.78 is 5.78. The molecule has 1 heterocycles. The second-order valence-electron chi connectivity index (χ2n) is 5.65. The van der Waals surface area contributed by atoms with Gasteiger partial charge in [0.15, 0.2) is 5.76 Å². The lowest BCUT2D eigenvalue weighted by molar-refractivity contribution is 0.0926. The number of para-hydroxylation sites is 1. The molecule has 1 amide bonds. The molecule has 24 heavy (non-hydrogen) atoms. The average Bonchev–Trinajstić information content (AvgIpc) is 2.85. The maximum absolute atomic E-state index is 12.4. The fraction of sp³-hybridized carbons (Fsp3) is 0.471. The fourth-order valence-electron chi connectivity index (χ4n) is 2.40. The van der Waals surface area contributed by atoms with E-state index >= 15 is 0 Å². The van der Waals surface area contributed by atoms with Crippen LogP contribution in [0.3, 0.4) is 0 Å². The van der Waals surface area contributed by atoms with Crippen LogP contribution >= 0.6 is 24.8 Å². The normalized spacial score (nSPS) is 10.3. The molecule has 0 spiro atoms. The summed E-state index contributed by atoms with van der Waals surface area (Å²) in [5, 5.41) is 7.19. The van der Waals surface area contributed by atoms with Gasteiger partial charge in [-0.05, 0) is 33.1 Å². The molecule has 0 atom stereocenters. The summed E-state index contributed by atoms with van der Waals surface area (Å²) in [5.74, 6) is 0.275. The van der Waals surface area contributed by atoms with Gasteiger partial charge in [0, 0.05) is 30.6 Å². The molecule has 0 saturated heterocycles. The standard InChI is InChI=1S/C17H25N3O2.2ClH/c1-4-9-18-10-11-19-17(21)16-14(12-20(2)3)13-7-5-6-8-15(13)22-16;;/h5-8,18H,4,9-12H2,1-3H3,(H,19,21);2*1H. The van der Waals surface area contributed by atoms with E-state index < -0.39 is 0 Å². The number of fused-ring (bicyclic) bond motifs is 1. The van der Waals surface area contributed by atoms with Gasteiger partial charge in [-0.15, -0.1) is 24.8 Å². The van der Waals surface area contributed by atoms with Crippen molar-refractivity contribution in [3.63, 3.8) is 0 Å². The lowest BCUT2D eigenvalue weighted by Crippen LogP contribution is -2.32. The number of nitrogens with zero attached hydrogens (tertiary/aromatic N) is 1. The molecule has 2 N–H and O–H groups in total. The smallest absolute Gasteiger partial charge is 0.287 e. The third-order valence-electron chi connectivity index (χ3n) is 3.39. The van der Waals surface area contributed by atoms with Crippen molar-refractivity contribution in [2.24, 2.45) is 0 Å². The average molecular weight is 376 g/mol. The van der Waals surface area contributed by atoms with Crippen molar-refractivity contribution < 1.29 is 9.21 Å². The monoisotopic (exact) mass is 375 g/mol. The van der Waals surface area contributed by atoms with E-state index in [1.807, 2.05) is 43.3 Å². The first-order valence-corrected chi connectivity index (χ1v) is 7.77. The number of benzene rings is 1. The van der Waals surface area contributed by atoms with Crippen molar-refractivity contribution in [1.82, 2.24) is 15.5 Å². The van der Waals surface area contributed by atoms with E-state index in [0.29, 0.717) is 18.8 Å². The van der Waals surface area contributed by atoms with E-state index in [2.05, 4.69) is 17.6 Å². The molecule has 1 aromatic heterocycles. The number of halogens is 2. The molecular weight excluding hydrogens is 349 g/mol. The molecule has 0 aliphatic heterocycles. The highest BCUT2D eigenvalue weighted by molar-refractivity contribution is 5.99. The molecule has 136 valence electrons. The first kappa shape index (κ1) is 22.7. The number of rotatable bonds is 8. The van der Waals surface area contributed by atoms with Crippen LogP contribution in [0.15, 0.2) is 28.7 Å². The zero-order valence-electron chi connectivity index (χ0n) is 14.4. The Balaban J connectivity index is 0.00000264. The van der Waals surface area contributed by atoms with Gasteiger partial charge in [-0.3, -0.25) is 4.79 Å². The van der Waals surface area contributed by atoms with Crippen molar-refractivity contribution >= 4 is 41.7 Å². The van der Waals surface area contributed by atoms with Crippen LogP contribution in [0.25, 0.3) is 11.0 Å². The van der Waals surface area contributed by atoms with E-state index in [1.165, 1.54) is 0 Å².